The summed E-state index contributed by atoms with van der Waals surface area (Å²) < 4.78 is 1.26. The fourth-order valence-corrected chi connectivity index (χ4v) is 5.94. The van der Waals surface area contributed by atoms with E-state index in [0.717, 1.165) is 6.42 Å². The van der Waals surface area contributed by atoms with Crippen LogP contribution in [0.1, 0.15) is 141 Å². The van der Waals surface area contributed by atoms with Crippen molar-refractivity contribution in [3.8, 4) is 0 Å². The normalized spacial score (nSPS) is 15.5. The third-order valence-corrected chi connectivity index (χ3v) is 7.82. The van der Waals surface area contributed by atoms with Crippen molar-refractivity contribution in [1.82, 2.24) is 0 Å². The number of hydrogen-bond donors (Lipinski definition) is 0. The van der Waals surface area contributed by atoms with E-state index in [1.807, 2.05) is 0 Å². The fourth-order valence-electron chi connectivity index (χ4n) is 5.71. The lowest BCUT2D eigenvalue weighted by atomic mass is 9.69. The number of aryl methyl sites for hydroxylation is 1. The summed E-state index contributed by atoms with van der Waals surface area (Å²) in [6, 6.07) is 7.35. The van der Waals surface area contributed by atoms with Gasteiger partial charge in [0.1, 0.15) is 0 Å². The van der Waals surface area contributed by atoms with Crippen LogP contribution in [0.25, 0.3) is 5.57 Å². The Morgan fingerprint density at radius 2 is 1.34 bits per heavy atom. The Bertz CT molecular complexity index is 732. The van der Waals surface area contributed by atoms with E-state index in [1.165, 1.54) is 111 Å². The molecule has 0 atom stereocenters. The maximum atomic E-state index is 3.78. The van der Waals surface area contributed by atoms with E-state index in [4.69, 9.17) is 0 Å². The highest BCUT2D eigenvalue weighted by atomic mass is 79.9. The van der Waals surface area contributed by atoms with Gasteiger partial charge < -0.3 is 0 Å². The van der Waals surface area contributed by atoms with Gasteiger partial charge in [-0.3, -0.25) is 0 Å². The predicted octanol–water partition coefficient (Wildman–Crippen LogP) is 11.1. The maximum Gasteiger partial charge on any atom is 0.0212 e. The van der Waals surface area contributed by atoms with Gasteiger partial charge in [0.15, 0.2) is 0 Å². The molecular formula is C31H49Br. The van der Waals surface area contributed by atoms with E-state index >= 15 is 0 Å². The topological polar surface area (TPSA) is 0 Å². The molecule has 0 unspecified atom stereocenters. The summed E-state index contributed by atoms with van der Waals surface area (Å²) in [7, 11) is 0. The SMILES string of the molecule is CCCCCCCCC1(CCCCCCCC)C(/C=C(\C)Br)=C(C)c2ccc(CC)cc21. The number of halogens is 1. The summed E-state index contributed by atoms with van der Waals surface area (Å²) in [5.74, 6) is 0. The number of allylic oxidation sites excluding steroid dienone is 4. The molecular weight excluding hydrogens is 452 g/mol. The van der Waals surface area contributed by atoms with Crippen LogP contribution >= 0.6 is 15.9 Å². The fraction of sp³-hybridized carbons (Fsp3) is 0.677. The van der Waals surface area contributed by atoms with Gasteiger partial charge in [0.2, 0.25) is 0 Å². The molecule has 0 fully saturated rings. The minimum absolute atomic E-state index is 0.204. The molecule has 0 nitrogen and oxygen atoms in total. The molecule has 0 spiro atoms. The first-order valence-electron chi connectivity index (χ1n) is 13.7. The molecule has 1 aromatic rings. The van der Waals surface area contributed by atoms with E-state index in [1.54, 1.807) is 11.1 Å². The zero-order valence-corrected chi connectivity index (χ0v) is 23.4. The van der Waals surface area contributed by atoms with Gasteiger partial charge in [-0.05, 0) is 71.5 Å². The number of hydrogen-bond acceptors (Lipinski definition) is 0. The second-order valence-corrected chi connectivity index (χ2v) is 11.4. The Labute approximate surface area is 208 Å². The minimum Gasteiger partial charge on any atom is -0.0654 e. The monoisotopic (exact) mass is 500 g/mol. The van der Waals surface area contributed by atoms with E-state index < -0.39 is 0 Å². The van der Waals surface area contributed by atoms with Gasteiger partial charge in [-0.15, -0.1) is 0 Å². The van der Waals surface area contributed by atoms with Crippen LogP contribution in [0, 0.1) is 0 Å². The summed E-state index contributed by atoms with van der Waals surface area (Å²) in [5.41, 5.74) is 7.95. The number of unbranched alkanes of at least 4 members (excludes halogenated alkanes) is 10. The summed E-state index contributed by atoms with van der Waals surface area (Å²) in [6.07, 6.45) is 22.7. The van der Waals surface area contributed by atoms with Crippen LogP contribution in [0.3, 0.4) is 0 Å². The Balaban J connectivity index is 2.32. The first-order valence-corrected chi connectivity index (χ1v) is 14.5. The minimum atomic E-state index is 0.204. The van der Waals surface area contributed by atoms with Crippen LogP contribution in [0.5, 0.6) is 0 Å². The molecule has 0 radical (unpaired) electrons. The Kier molecular flexibility index (Phi) is 12.4. The van der Waals surface area contributed by atoms with Crippen molar-refractivity contribution in [3.05, 3.63) is 51.0 Å². The van der Waals surface area contributed by atoms with Gasteiger partial charge in [0, 0.05) is 5.41 Å². The third kappa shape index (κ3) is 7.34. The standard InChI is InChI=1S/C31H49Br/c1-6-9-11-13-15-17-21-31(22-18-16-14-12-10-7-2)29(23-25(4)32)26(5)28-20-19-27(8-3)24-30(28)31/h19-20,23-24H,6-18,21-22H2,1-5H3/b25-23+. The van der Waals surface area contributed by atoms with Crippen molar-refractivity contribution in [3.63, 3.8) is 0 Å². The highest BCUT2D eigenvalue weighted by molar-refractivity contribution is 9.11. The van der Waals surface area contributed by atoms with E-state index in [2.05, 4.69) is 74.8 Å². The molecule has 1 aliphatic rings. The van der Waals surface area contributed by atoms with Gasteiger partial charge in [0.05, 0.1) is 0 Å². The molecule has 0 aromatic heterocycles. The van der Waals surface area contributed by atoms with Gasteiger partial charge >= 0.3 is 0 Å². The van der Waals surface area contributed by atoms with Crippen molar-refractivity contribution < 1.29 is 0 Å². The molecule has 0 N–H and O–H groups in total. The van der Waals surface area contributed by atoms with Crippen LogP contribution in [-0.2, 0) is 11.8 Å². The zero-order valence-electron chi connectivity index (χ0n) is 21.8. The van der Waals surface area contributed by atoms with Gasteiger partial charge in [-0.1, -0.05) is 132 Å². The van der Waals surface area contributed by atoms with Crippen molar-refractivity contribution in [2.24, 2.45) is 0 Å². The van der Waals surface area contributed by atoms with Crippen molar-refractivity contribution in [2.75, 3.05) is 0 Å². The molecule has 0 saturated carbocycles. The lowest BCUT2D eigenvalue weighted by molar-refractivity contribution is 0.395. The molecule has 1 aliphatic carbocycles. The molecule has 32 heavy (non-hydrogen) atoms. The van der Waals surface area contributed by atoms with Crippen molar-refractivity contribution in [1.29, 1.82) is 0 Å². The smallest absolute Gasteiger partial charge is 0.0212 e. The quantitative estimate of drug-likeness (QED) is 0.198. The van der Waals surface area contributed by atoms with Crippen LogP contribution in [0.15, 0.2) is 34.3 Å². The van der Waals surface area contributed by atoms with Crippen molar-refractivity contribution in [2.45, 2.75) is 136 Å². The molecule has 0 heterocycles. The van der Waals surface area contributed by atoms with Crippen LogP contribution in [0.4, 0.5) is 0 Å². The van der Waals surface area contributed by atoms with Gasteiger partial charge in [-0.2, -0.15) is 0 Å². The average molecular weight is 502 g/mol. The average Bonchev–Trinajstić information content (AvgIpc) is 3.00. The summed E-state index contributed by atoms with van der Waals surface area (Å²) >= 11 is 3.78. The molecule has 180 valence electrons. The van der Waals surface area contributed by atoms with E-state index in [-0.39, 0.29) is 5.41 Å². The lowest BCUT2D eigenvalue weighted by Gasteiger charge is -2.34. The Hall–Kier alpha value is -0.820. The molecule has 1 aromatic carbocycles. The first kappa shape index (κ1) is 27.4. The second-order valence-electron chi connectivity index (χ2n) is 10.1. The molecule has 1 heteroatoms. The number of benzene rings is 1. The summed E-state index contributed by atoms with van der Waals surface area (Å²) in [4.78, 5) is 0. The number of fused-ring (bicyclic) bond motifs is 1. The lowest BCUT2D eigenvalue weighted by Crippen LogP contribution is -2.26. The second kappa shape index (κ2) is 14.4. The Morgan fingerprint density at radius 1 is 0.812 bits per heavy atom. The van der Waals surface area contributed by atoms with Gasteiger partial charge in [-0.25, -0.2) is 0 Å². The molecule has 0 saturated heterocycles. The molecule has 2 rings (SSSR count). The molecule has 0 amide bonds. The molecule has 0 bridgehead atoms. The highest BCUT2D eigenvalue weighted by Gasteiger charge is 2.42. The molecule has 0 aliphatic heterocycles. The van der Waals surface area contributed by atoms with Crippen LogP contribution in [0.2, 0.25) is 0 Å². The van der Waals surface area contributed by atoms with Crippen LogP contribution in [-0.4, -0.2) is 0 Å². The van der Waals surface area contributed by atoms with E-state index in [0.29, 0.717) is 0 Å². The summed E-state index contributed by atoms with van der Waals surface area (Å²) in [5, 5.41) is 0. The van der Waals surface area contributed by atoms with E-state index in [9.17, 15) is 0 Å². The van der Waals surface area contributed by atoms with Crippen molar-refractivity contribution >= 4 is 21.5 Å². The first-order chi connectivity index (χ1) is 15.5. The Morgan fingerprint density at radius 3 is 1.84 bits per heavy atom. The maximum absolute atomic E-state index is 3.78. The third-order valence-electron chi connectivity index (χ3n) is 7.59. The largest absolute Gasteiger partial charge is 0.0654 e. The highest BCUT2D eigenvalue weighted by Crippen LogP contribution is 2.53. The number of rotatable bonds is 16. The van der Waals surface area contributed by atoms with Gasteiger partial charge in [0.25, 0.3) is 0 Å². The zero-order chi connectivity index (χ0) is 23.4. The summed E-state index contributed by atoms with van der Waals surface area (Å²) in [6.45, 7) is 11.5. The predicted molar refractivity (Wildman–Crippen MR) is 149 cm³/mol. The van der Waals surface area contributed by atoms with Crippen LogP contribution < -0.4 is 0 Å².